The standard InChI is InChI=1S/C90H157N17O18/c1-9-10-11-12-13-14-15-16-17-18-19-20-21-32-81(119)102-68(30-26-43-100-89(96)97)73(111)50-62(35-39-79(93)117)85(122)105-71(38-40-80(94)118)75(113)53-65(48-60-33-36-67(110)37-34-60)87(124)104-70(31-27-44-101-90(98)99)74(112)49-61(28-22-24-41-91)84(121)106-72(47-58(6)7)77(115)52-64(46-57(4)5)86(123)103-69(29-23-25-42-92)76(114)54-66(55-108)88(125)107-82(59(8)109)78(116)51-63(83(95)120)45-56(2)3/h33-34,36-37,56-59,61-66,68-72,82,108-110H,9-32,35,38-55,91-92H2,1-8H3,(H2,93,117)(H2,94,118)(H2,95,120)(H,102,119)(H,103,123)(H,104,124)(H,105,122)(H,106,121)(H,107,125)(H4,96,97,100)(H4,98,99,101)/t59-,61-,62-,63-,64-,65-,66+,68+,69+,70+,71+,72+,82+/m1/s1. The number of guanidine groups is 2. The molecule has 0 bridgehead atoms. The highest BCUT2D eigenvalue weighted by Gasteiger charge is 2.39. The van der Waals surface area contributed by atoms with Crippen LogP contribution in [0.2, 0.25) is 0 Å². The maximum atomic E-state index is 15.2. The first-order valence-corrected chi connectivity index (χ1v) is 45.6. The van der Waals surface area contributed by atoms with Gasteiger partial charge in [-0.05, 0) is 158 Å². The second-order valence-electron chi connectivity index (χ2n) is 35.1. The summed E-state index contributed by atoms with van der Waals surface area (Å²) < 4.78 is 0. The van der Waals surface area contributed by atoms with Crippen LogP contribution >= 0.6 is 0 Å². The second kappa shape index (κ2) is 65.2. The SMILES string of the molecule is CCCCCCCCCCCCCCCC(=O)N[C@@H](CCCN=C(N)N)C(=O)C[C@@H](CCC(N)=O)C(=O)N[C@@H](CCC(N)=O)C(=O)C[C@@H](Cc1ccc(O)cc1)C(=O)N[C@@H](CCCN=C(N)N)C(=O)C[C@@H](CCCCN)C(=O)N[C@@H](CC(C)C)C(=O)C[C@@H](CC(C)C)C(=O)N[C@@H](CCCCN)C(=O)C[C@@H](CO)C(=O)N[C@H](C(=O)C[C@@H](CC(C)C)C(N)=O)[C@@H](C)O. The van der Waals surface area contributed by atoms with E-state index in [0.29, 0.717) is 37.7 Å². The van der Waals surface area contributed by atoms with E-state index in [2.05, 4.69) is 48.8 Å². The van der Waals surface area contributed by atoms with Crippen molar-refractivity contribution in [1.82, 2.24) is 31.9 Å². The van der Waals surface area contributed by atoms with Gasteiger partial charge in [0.25, 0.3) is 0 Å². The maximum Gasteiger partial charge on any atom is 0.226 e. The molecule has 0 fully saturated rings. The number of carbonyl (C=O) groups excluding carboxylic acids is 15. The van der Waals surface area contributed by atoms with Crippen molar-refractivity contribution in [3.05, 3.63) is 29.8 Å². The molecule has 13 atom stereocenters. The number of nitrogens with one attached hydrogen (secondary N) is 6. The number of Topliss-reactive ketones (excluding diaryl/α,β-unsaturated/α-hetero) is 6. The molecule has 35 heteroatoms. The van der Waals surface area contributed by atoms with E-state index in [4.69, 9.17) is 51.6 Å². The van der Waals surface area contributed by atoms with Gasteiger partial charge in [0.2, 0.25) is 53.2 Å². The number of primary amides is 3. The predicted molar refractivity (Wildman–Crippen MR) is 481 cm³/mol. The van der Waals surface area contributed by atoms with Gasteiger partial charge in [-0.3, -0.25) is 81.9 Å². The van der Waals surface area contributed by atoms with E-state index >= 15 is 14.4 Å². The summed E-state index contributed by atoms with van der Waals surface area (Å²) in [7, 11) is 0. The Labute approximate surface area is 740 Å². The Hall–Kier alpha value is -9.35. The molecule has 1 rings (SSSR count). The molecular weight excluding hydrogens is 1610 g/mol. The summed E-state index contributed by atoms with van der Waals surface area (Å²) >= 11 is 0. The molecule has 1 aromatic carbocycles. The first kappa shape index (κ1) is 114. The third kappa shape index (κ3) is 51.8. The second-order valence-corrected chi connectivity index (χ2v) is 35.1. The van der Waals surface area contributed by atoms with Crippen molar-refractivity contribution in [2.45, 2.75) is 342 Å². The minimum absolute atomic E-state index is 0.0211. The lowest BCUT2D eigenvalue weighted by Crippen LogP contribution is -2.52. The number of aliphatic imine (C=N–C) groups is 2. The topological polar surface area (TPSA) is 648 Å². The molecule has 9 amide bonds. The van der Waals surface area contributed by atoms with Gasteiger partial charge in [0.1, 0.15) is 11.8 Å². The number of aliphatic hydroxyl groups is 2. The van der Waals surface area contributed by atoms with Gasteiger partial charge in [0.05, 0.1) is 48.8 Å². The summed E-state index contributed by atoms with van der Waals surface area (Å²) in [6.45, 7) is 14.0. The summed E-state index contributed by atoms with van der Waals surface area (Å²) in [6, 6.07) is -2.43. The Morgan fingerprint density at radius 3 is 1.16 bits per heavy atom. The Bertz CT molecular complexity index is 3530. The number of amides is 9. The average Bonchev–Trinajstić information content (AvgIpc) is 0.850. The van der Waals surface area contributed by atoms with Gasteiger partial charge < -0.3 is 98.8 Å². The lowest BCUT2D eigenvalue weighted by Gasteiger charge is -2.28. The Morgan fingerprint density at radius 2 is 0.720 bits per heavy atom. The molecule has 0 saturated carbocycles. The van der Waals surface area contributed by atoms with E-state index in [-0.39, 0.29) is 145 Å². The summed E-state index contributed by atoms with van der Waals surface area (Å²) in [5.41, 5.74) is 51.6. The lowest BCUT2D eigenvalue weighted by molar-refractivity contribution is -0.137. The van der Waals surface area contributed by atoms with Crippen LogP contribution in [0.15, 0.2) is 34.3 Å². The quantitative estimate of drug-likeness (QED) is 0.0239. The van der Waals surface area contributed by atoms with Crippen molar-refractivity contribution in [2.75, 3.05) is 32.8 Å². The van der Waals surface area contributed by atoms with Gasteiger partial charge in [-0.25, -0.2) is 0 Å². The van der Waals surface area contributed by atoms with Crippen LogP contribution in [0.1, 0.15) is 299 Å². The third-order valence-corrected chi connectivity index (χ3v) is 22.2. The zero-order chi connectivity index (χ0) is 94.1. The first-order chi connectivity index (χ1) is 59.2. The lowest BCUT2D eigenvalue weighted by atomic mass is 9.86. The molecule has 0 spiro atoms. The van der Waals surface area contributed by atoms with Crippen molar-refractivity contribution in [3.63, 3.8) is 0 Å². The molecule has 27 N–H and O–H groups in total. The monoisotopic (exact) mass is 1760 g/mol. The highest BCUT2D eigenvalue weighted by atomic mass is 16.3. The molecule has 0 unspecified atom stereocenters. The van der Waals surface area contributed by atoms with Gasteiger partial charge in [-0.2, -0.15) is 0 Å². The Morgan fingerprint density at radius 1 is 0.360 bits per heavy atom. The molecule has 1 aromatic rings. The predicted octanol–water partition coefficient (Wildman–Crippen LogP) is 4.67. The van der Waals surface area contributed by atoms with Crippen LogP contribution in [0, 0.1) is 53.3 Å². The average molecular weight is 1770 g/mol. The highest BCUT2D eigenvalue weighted by Crippen LogP contribution is 2.27. The fraction of sp³-hybridized carbons (Fsp3) is 0.744. The Balaban J connectivity index is 3.84. The van der Waals surface area contributed by atoms with Gasteiger partial charge in [0.15, 0.2) is 46.6 Å². The van der Waals surface area contributed by atoms with Gasteiger partial charge in [0, 0.05) is 100 Å². The summed E-state index contributed by atoms with van der Waals surface area (Å²) in [5, 5.41) is 47.9. The number of benzene rings is 1. The van der Waals surface area contributed by atoms with Crippen molar-refractivity contribution in [3.8, 4) is 5.75 Å². The molecule has 0 saturated heterocycles. The summed E-state index contributed by atoms with van der Waals surface area (Å²) in [4.78, 5) is 219. The van der Waals surface area contributed by atoms with Crippen LogP contribution in [0.4, 0.5) is 0 Å². The first-order valence-electron chi connectivity index (χ1n) is 45.6. The minimum atomic E-state index is -1.56. The highest BCUT2D eigenvalue weighted by molar-refractivity contribution is 6.00. The van der Waals surface area contributed by atoms with Crippen LogP contribution in [0.5, 0.6) is 5.75 Å². The third-order valence-electron chi connectivity index (χ3n) is 22.2. The molecule has 0 aromatic heterocycles. The zero-order valence-electron chi connectivity index (χ0n) is 76.0. The molecule has 0 aliphatic heterocycles. The number of phenols is 1. The molecule has 125 heavy (non-hydrogen) atoms. The summed E-state index contributed by atoms with van der Waals surface area (Å²) in [6.07, 6.45) is 10.3. The number of aromatic hydroxyl groups is 1. The van der Waals surface area contributed by atoms with Crippen LogP contribution < -0.4 is 83.5 Å². The van der Waals surface area contributed by atoms with E-state index in [1.807, 2.05) is 41.5 Å². The molecule has 0 radical (unpaired) electrons. The molecule has 0 aliphatic carbocycles. The fourth-order valence-electron chi connectivity index (χ4n) is 15.2. The van der Waals surface area contributed by atoms with Gasteiger partial charge in [-0.15, -0.1) is 0 Å². The number of rotatable bonds is 76. The van der Waals surface area contributed by atoms with E-state index < -0.39 is 224 Å². The number of ketones is 6. The van der Waals surface area contributed by atoms with E-state index in [0.717, 1.165) is 32.1 Å². The minimum Gasteiger partial charge on any atom is -0.508 e. The number of nitrogens with zero attached hydrogens (tertiary/aromatic N) is 2. The number of unbranched alkanes of at least 4 members (excludes halogenated alkanes) is 14. The van der Waals surface area contributed by atoms with Crippen LogP contribution in [-0.2, 0) is 78.3 Å². The number of hydrogen-bond acceptors (Lipinski definition) is 22. The number of hydrogen-bond donors (Lipinski definition) is 18. The molecule has 710 valence electrons. The van der Waals surface area contributed by atoms with Gasteiger partial charge >= 0.3 is 0 Å². The van der Waals surface area contributed by atoms with E-state index in [1.54, 1.807) is 0 Å². The summed E-state index contributed by atoms with van der Waals surface area (Å²) in [5.74, 6) is -19.3. The van der Waals surface area contributed by atoms with Crippen molar-refractivity contribution < 1.29 is 87.2 Å². The number of aliphatic hydroxyl groups excluding tert-OH is 2. The van der Waals surface area contributed by atoms with Gasteiger partial charge in [-0.1, -0.05) is 144 Å². The smallest absolute Gasteiger partial charge is 0.226 e. The fourth-order valence-corrected chi connectivity index (χ4v) is 15.2. The van der Waals surface area contributed by atoms with Crippen molar-refractivity contribution in [1.29, 1.82) is 0 Å². The van der Waals surface area contributed by atoms with E-state index in [9.17, 15) is 72.9 Å². The molecule has 0 aliphatic rings. The molecular formula is C90H157N17O18. The maximum absolute atomic E-state index is 15.2. The zero-order valence-corrected chi connectivity index (χ0v) is 76.0. The van der Waals surface area contributed by atoms with Crippen molar-refractivity contribution >= 4 is 99.8 Å². The largest absolute Gasteiger partial charge is 0.508 e. The normalized spacial score (nSPS) is 14.6. The van der Waals surface area contributed by atoms with Crippen molar-refractivity contribution in [2.24, 2.45) is 115 Å². The molecule has 0 heterocycles. The number of nitrogens with two attached hydrogens (primary N) is 9. The molecule has 35 nitrogen and oxygen atoms in total. The Kier molecular flexibility index (Phi) is 59.3. The number of carbonyl (C=O) groups is 15. The number of phenolic OH excluding ortho intramolecular Hbond substituents is 1. The van der Waals surface area contributed by atoms with Crippen LogP contribution in [0.25, 0.3) is 0 Å². The van der Waals surface area contributed by atoms with Crippen LogP contribution in [-0.4, -0.2) is 190 Å². The van der Waals surface area contributed by atoms with E-state index in [1.165, 1.54) is 76.1 Å². The van der Waals surface area contributed by atoms with Crippen LogP contribution in [0.3, 0.4) is 0 Å².